The lowest BCUT2D eigenvalue weighted by atomic mass is 9.97. The highest BCUT2D eigenvalue weighted by Gasteiger charge is 2.20. The second-order valence-electron chi connectivity index (χ2n) is 12.3. The van der Waals surface area contributed by atoms with Gasteiger partial charge in [0.1, 0.15) is 5.82 Å². The molecule has 0 amide bonds. The number of aromatic nitrogens is 5. The fourth-order valence-corrected chi connectivity index (χ4v) is 6.55. The quantitative estimate of drug-likeness (QED) is 0.172. The van der Waals surface area contributed by atoms with Crippen molar-refractivity contribution in [2.24, 2.45) is 0 Å². The van der Waals surface area contributed by atoms with Gasteiger partial charge in [0.15, 0.2) is 17.5 Å². The van der Waals surface area contributed by atoms with Crippen LogP contribution in [0.3, 0.4) is 0 Å². The molecular weight excluding hydrogens is 623 g/mol. The summed E-state index contributed by atoms with van der Waals surface area (Å²) < 4.78 is 2.27. The third kappa shape index (κ3) is 5.87. The first-order valence-electron chi connectivity index (χ1n) is 17.0. The van der Waals surface area contributed by atoms with E-state index < -0.39 is 0 Å². The third-order valence-corrected chi connectivity index (χ3v) is 9.07. The molecule has 0 saturated heterocycles. The van der Waals surface area contributed by atoms with E-state index in [2.05, 4.69) is 126 Å². The van der Waals surface area contributed by atoms with Crippen molar-refractivity contribution in [1.29, 1.82) is 0 Å². The van der Waals surface area contributed by atoms with E-state index in [9.17, 15) is 0 Å². The Kier molecular flexibility index (Phi) is 7.76. The smallest absolute Gasteiger partial charge is 0.164 e. The van der Waals surface area contributed by atoms with Gasteiger partial charge in [-0.15, -0.1) is 0 Å². The molecule has 2 aromatic heterocycles. The summed E-state index contributed by atoms with van der Waals surface area (Å²) in [5.74, 6) is 2.76. The third-order valence-electron chi connectivity index (χ3n) is 9.07. The second kappa shape index (κ2) is 13.1. The van der Waals surface area contributed by atoms with Crippen LogP contribution in [-0.4, -0.2) is 24.5 Å². The molecule has 2 heterocycles. The van der Waals surface area contributed by atoms with Crippen LogP contribution in [0.5, 0.6) is 0 Å². The van der Waals surface area contributed by atoms with E-state index in [0.29, 0.717) is 17.5 Å². The number of hydrogen-bond acceptors (Lipinski definition) is 4. The van der Waals surface area contributed by atoms with E-state index in [1.54, 1.807) is 0 Å². The molecule has 0 aliphatic heterocycles. The number of imidazole rings is 1. The Morgan fingerprint density at radius 1 is 0.314 bits per heavy atom. The Labute approximate surface area is 296 Å². The molecule has 9 rings (SSSR count). The van der Waals surface area contributed by atoms with Gasteiger partial charge in [0.25, 0.3) is 0 Å². The summed E-state index contributed by atoms with van der Waals surface area (Å²) >= 11 is 0. The summed E-state index contributed by atoms with van der Waals surface area (Å²) in [6.07, 6.45) is 0. The number of benzene rings is 7. The minimum atomic E-state index is 0.616. The molecule has 0 fully saturated rings. The molecule has 0 spiro atoms. The molecule has 0 atom stereocenters. The fraction of sp³-hybridized carbons (Fsp3) is 0. The van der Waals surface area contributed by atoms with E-state index >= 15 is 0 Å². The van der Waals surface area contributed by atoms with Crippen molar-refractivity contribution in [3.05, 3.63) is 188 Å². The van der Waals surface area contributed by atoms with Gasteiger partial charge in [0.2, 0.25) is 0 Å². The lowest BCUT2D eigenvalue weighted by Crippen LogP contribution is -2.01. The van der Waals surface area contributed by atoms with Crippen LogP contribution in [0.25, 0.3) is 84.5 Å². The first kappa shape index (κ1) is 30.1. The van der Waals surface area contributed by atoms with Crippen LogP contribution >= 0.6 is 0 Å². The Morgan fingerprint density at radius 2 is 0.725 bits per heavy atom. The molecule has 9 aromatic rings. The van der Waals surface area contributed by atoms with E-state index in [-0.39, 0.29) is 0 Å². The molecule has 0 aliphatic rings. The van der Waals surface area contributed by atoms with Gasteiger partial charge in [-0.3, -0.25) is 4.57 Å². The molecule has 240 valence electrons. The lowest BCUT2D eigenvalue weighted by Gasteiger charge is -2.13. The lowest BCUT2D eigenvalue weighted by molar-refractivity contribution is 1.07. The highest BCUT2D eigenvalue weighted by atomic mass is 15.1. The van der Waals surface area contributed by atoms with E-state index in [1.165, 1.54) is 0 Å². The van der Waals surface area contributed by atoms with Gasteiger partial charge in [0, 0.05) is 33.5 Å². The molecule has 0 unspecified atom stereocenters. The molecule has 0 radical (unpaired) electrons. The normalized spacial score (nSPS) is 11.1. The zero-order valence-electron chi connectivity index (χ0n) is 27.6. The van der Waals surface area contributed by atoms with Crippen molar-refractivity contribution in [1.82, 2.24) is 24.5 Å². The first-order chi connectivity index (χ1) is 25.3. The van der Waals surface area contributed by atoms with Gasteiger partial charge in [-0.1, -0.05) is 152 Å². The van der Waals surface area contributed by atoms with Crippen LogP contribution in [0.1, 0.15) is 0 Å². The Morgan fingerprint density at radius 3 is 1.22 bits per heavy atom. The summed E-state index contributed by atoms with van der Waals surface area (Å²) in [5, 5.41) is 0. The van der Waals surface area contributed by atoms with E-state index in [1.807, 2.05) is 66.7 Å². The zero-order valence-corrected chi connectivity index (χ0v) is 27.6. The van der Waals surface area contributed by atoms with E-state index in [0.717, 1.165) is 67.1 Å². The fourth-order valence-electron chi connectivity index (χ4n) is 6.55. The molecule has 5 heteroatoms. The van der Waals surface area contributed by atoms with Gasteiger partial charge >= 0.3 is 0 Å². The summed E-state index contributed by atoms with van der Waals surface area (Å²) in [6, 6.07) is 64.5. The average molecular weight is 654 g/mol. The monoisotopic (exact) mass is 653 g/mol. The molecule has 5 nitrogen and oxygen atoms in total. The van der Waals surface area contributed by atoms with Gasteiger partial charge in [0.05, 0.1) is 11.0 Å². The summed E-state index contributed by atoms with van der Waals surface area (Å²) in [5.41, 5.74) is 11.3. The Hall–Kier alpha value is -6.98. The van der Waals surface area contributed by atoms with Gasteiger partial charge in [-0.2, -0.15) is 0 Å². The minimum absolute atomic E-state index is 0.616. The number of rotatable bonds is 7. The van der Waals surface area contributed by atoms with Crippen LogP contribution in [0.15, 0.2) is 188 Å². The molecule has 51 heavy (non-hydrogen) atoms. The highest BCUT2D eigenvalue weighted by Crippen LogP contribution is 2.38. The topological polar surface area (TPSA) is 56.5 Å². The van der Waals surface area contributed by atoms with Gasteiger partial charge in [-0.25, -0.2) is 19.9 Å². The van der Waals surface area contributed by atoms with Gasteiger partial charge in [-0.05, 0) is 53.1 Å². The van der Waals surface area contributed by atoms with Crippen molar-refractivity contribution in [3.63, 3.8) is 0 Å². The standard InChI is InChI=1S/C46H31N5/c1-6-16-32(17-7-1)38-30-40(33-18-8-2-9-19-33)42-41(31-38)51(46(47-42)37-24-14-5-15-25-37)39-28-26-36(27-29-39)45-49-43(34-20-10-3-11-21-34)48-44(50-45)35-22-12-4-13-23-35/h1-31H. The average Bonchev–Trinajstić information content (AvgIpc) is 3.62. The summed E-state index contributed by atoms with van der Waals surface area (Å²) in [6.45, 7) is 0. The largest absolute Gasteiger partial charge is 0.292 e. The molecule has 7 aromatic carbocycles. The SMILES string of the molecule is c1ccc(-c2cc(-c3ccccc3)c3nc(-c4ccccc4)n(-c4ccc(-c5nc(-c6ccccc6)nc(-c6ccccc6)n5)cc4)c3c2)cc1. The van der Waals surface area contributed by atoms with Crippen molar-refractivity contribution in [2.45, 2.75) is 0 Å². The summed E-state index contributed by atoms with van der Waals surface area (Å²) in [4.78, 5) is 20.2. The Bertz CT molecular complexity index is 2530. The molecule has 0 aliphatic carbocycles. The molecule has 0 saturated carbocycles. The predicted octanol–water partition coefficient (Wildman–Crippen LogP) is 11.2. The number of fused-ring (bicyclic) bond motifs is 1. The van der Waals surface area contributed by atoms with Crippen LogP contribution < -0.4 is 0 Å². The maximum Gasteiger partial charge on any atom is 0.164 e. The molecule has 0 N–H and O–H groups in total. The molecule has 0 bridgehead atoms. The second-order valence-corrected chi connectivity index (χ2v) is 12.3. The maximum atomic E-state index is 5.37. The van der Waals surface area contributed by atoms with Crippen LogP contribution in [0, 0.1) is 0 Å². The van der Waals surface area contributed by atoms with Crippen LogP contribution in [0.2, 0.25) is 0 Å². The van der Waals surface area contributed by atoms with Gasteiger partial charge < -0.3 is 0 Å². The van der Waals surface area contributed by atoms with Crippen LogP contribution in [0.4, 0.5) is 0 Å². The number of nitrogens with zero attached hydrogens (tertiary/aromatic N) is 5. The van der Waals surface area contributed by atoms with Crippen molar-refractivity contribution >= 4 is 11.0 Å². The van der Waals surface area contributed by atoms with Crippen molar-refractivity contribution in [2.75, 3.05) is 0 Å². The highest BCUT2D eigenvalue weighted by molar-refractivity contribution is 5.99. The van der Waals surface area contributed by atoms with Crippen LogP contribution in [-0.2, 0) is 0 Å². The van der Waals surface area contributed by atoms with Crippen molar-refractivity contribution in [3.8, 4) is 73.5 Å². The Balaban J connectivity index is 1.24. The first-order valence-corrected chi connectivity index (χ1v) is 17.0. The number of hydrogen-bond donors (Lipinski definition) is 0. The zero-order chi connectivity index (χ0) is 34.0. The van der Waals surface area contributed by atoms with E-state index in [4.69, 9.17) is 19.9 Å². The minimum Gasteiger partial charge on any atom is -0.292 e. The van der Waals surface area contributed by atoms with Crippen molar-refractivity contribution < 1.29 is 0 Å². The predicted molar refractivity (Wildman–Crippen MR) is 207 cm³/mol. The summed E-state index contributed by atoms with van der Waals surface area (Å²) in [7, 11) is 0. The molecular formula is C46H31N5. The maximum absolute atomic E-state index is 5.37.